The first kappa shape index (κ1) is 14.4. The van der Waals surface area contributed by atoms with Crippen LogP contribution in [0.4, 0.5) is 5.82 Å². The van der Waals surface area contributed by atoms with Gasteiger partial charge in [0, 0.05) is 13.1 Å². The van der Waals surface area contributed by atoms with Crippen LogP contribution in [0.5, 0.6) is 0 Å². The molecule has 18 heavy (non-hydrogen) atoms. The van der Waals surface area contributed by atoms with E-state index in [0.717, 1.165) is 12.2 Å². The minimum absolute atomic E-state index is 0.228. The molecule has 0 aliphatic rings. The van der Waals surface area contributed by atoms with E-state index >= 15 is 0 Å². The summed E-state index contributed by atoms with van der Waals surface area (Å²) in [5.74, 6) is 0.924. The molecule has 0 saturated carbocycles. The van der Waals surface area contributed by atoms with Crippen molar-refractivity contribution in [3.05, 3.63) is 18.1 Å². The second-order valence-corrected chi connectivity index (χ2v) is 4.84. The molecule has 0 amide bonds. The normalized spacial score (nSPS) is 12.3. The predicted octanol–water partition coefficient (Wildman–Crippen LogP) is 2.13. The van der Waals surface area contributed by atoms with Crippen LogP contribution in [0.2, 0.25) is 0 Å². The largest absolute Gasteiger partial charge is 0.464 e. The standard InChI is InChI=1S/C13H21N3O2/c1-9(2)6-10(3)16(4)12-8-14-11(7-15-12)13(17)18-5/h7-10H,6H2,1-5H3. The highest BCUT2D eigenvalue weighted by Crippen LogP contribution is 2.16. The van der Waals surface area contributed by atoms with Gasteiger partial charge in [-0.1, -0.05) is 13.8 Å². The van der Waals surface area contributed by atoms with Crippen LogP contribution in [0, 0.1) is 5.92 Å². The second kappa shape index (κ2) is 6.33. The Morgan fingerprint density at radius 3 is 2.44 bits per heavy atom. The van der Waals surface area contributed by atoms with Crippen molar-refractivity contribution in [2.24, 2.45) is 5.92 Å². The van der Waals surface area contributed by atoms with Gasteiger partial charge >= 0.3 is 5.97 Å². The summed E-state index contributed by atoms with van der Waals surface area (Å²) in [5.41, 5.74) is 0.228. The SMILES string of the molecule is COC(=O)c1cnc(N(C)C(C)CC(C)C)cn1. The van der Waals surface area contributed by atoms with E-state index in [9.17, 15) is 4.79 Å². The Bertz CT molecular complexity index is 390. The van der Waals surface area contributed by atoms with Crippen LogP contribution in [0.1, 0.15) is 37.7 Å². The monoisotopic (exact) mass is 251 g/mol. The van der Waals surface area contributed by atoms with Gasteiger partial charge in [-0.15, -0.1) is 0 Å². The van der Waals surface area contributed by atoms with Crippen molar-refractivity contribution in [2.45, 2.75) is 33.2 Å². The third-order valence-electron chi connectivity index (χ3n) is 2.87. The van der Waals surface area contributed by atoms with E-state index in [1.54, 1.807) is 6.20 Å². The van der Waals surface area contributed by atoms with Gasteiger partial charge in [0.15, 0.2) is 5.69 Å². The minimum Gasteiger partial charge on any atom is -0.464 e. The highest BCUT2D eigenvalue weighted by Gasteiger charge is 2.14. The summed E-state index contributed by atoms with van der Waals surface area (Å²) in [7, 11) is 3.31. The molecule has 0 radical (unpaired) electrons. The first-order valence-corrected chi connectivity index (χ1v) is 6.09. The lowest BCUT2D eigenvalue weighted by molar-refractivity contribution is 0.0593. The van der Waals surface area contributed by atoms with Gasteiger partial charge in [0.25, 0.3) is 0 Å². The number of methoxy groups -OCH3 is 1. The lowest BCUT2D eigenvalue weighted by Crippen LogP contribution is -2.31. The molecule has 1 heterocycles. The number of rotatable bonds is 5. The third-order valence-corrected chi connectivity index (χ3v) is 2.87. The highest BCUT2D eigenvalue weighted by molar-refractivity contribution is 5.86. The average Bonchev–Trinajstić information content (AvgIpc) is 2.36. The molecule has 0 N–H and O–H groups in total. The van der Waals surface area contributed by atoms with Crippen molar-refractivity contribution in [2.75, 3.05) is 19.1 Å². The van der Waals surface area contributed by atoms with Crippen LogP contribution in [0.15, 0.2) is 12.4 Å². The number of anilines is 1. The van der Waals surface area contributed by atoms with Crippen molar-refractivity contribution in [1.82, 2.24) is 9.97 Å². The summed E-state index contributed by atoms with van der Waals surface area (Å²) < 4.78 is 4.58. The van der Waals surface area contributed by atoms with Gasteiger partial charge in [0.1, 0.15) is 5.82 Å². The number of aromatic nitrogens is 2. The Labute approximate surface area is 108 Å². The molecule has 0 aliphatic carbocycles. The van der Waals surface area contributed by atoms with Crippen molar-refractivity contribution >= 4 is 11.8 Å². The van der Waals surface area contributed by atoms with E-state index < -0.39 is 5.97 Å². The summed E-state index contributed by atoms with van der Waals surface area (Å²) in [6.07, 6.45) is 4.12. The summed E-state index contributed by atoms with van der Waals surface area (Å²) in [6, 6.07) is 0.378. The Hall–Kier alpha value is -1.65. The summed E-state index contributed by atoms with van der Waals surface area (Å²) in [6.45, 7) is 6.53. The maximum absolute atomic E-state index is 11.2. The fraction of sp³-hybridized carbons (Fsp3) is 0.615. The Morgan fingerprint density at radius 1 is 1.33 bits per heavy atom. The van der Waals surface area contributed by atoms with E-state index in [0.29, 0.717) is 12.0 Å². The predicted molar refractivity (Wildman–Crippen MR) is 70.7 cm³/mol. The number of hydrogen-bond acceptors (Lipinski definition) is 5. The average molecular weight is 251 g/mol. The molecule has 0 saturated heterocycles. The molecular formula is C13H21N3O2. The molecule has 0 bridgehead atoms. The van der Waals surface area contributed by atoms with E-state index in [2.05, 4.69) is 40.4 Å². The van der Waals surface area contributed by atoms with Crippen molar-refractivity contribution in [3.8, 4) is 0 Å². The van der Waals surface area contributed by atoms with Gasteiger partial charge in [-0.05, 0) is 19.3 Å². The molecule has 1 unspecified atom stereocenters. The van der Waals surface area contributed by atoms with Crippen molar-refractivity contribution in [1.29, 1.82) is 0 Å². The van der Waals surface area contributed by atoms with Gasteiger partial charge in [0.05, 0.1) is 19.5 Å². The van der Waals surface area contributed by atoms with E-state index in [1.807, 2.05) is 7.05 Å². The fourth-order valence-corrected chi connectivity index (χ4v) is 1.78. The van der Waals surface area contributed by atoms with Crippen LogP contribution < -0.4 is 4.90 Å². The molecule has 0 aliphatic heterocycles. The first-order chi connectivity index (χ1) is 8.45. The topological polar surface area (TPSA) is 55.3 Å². The van der Waals surface area contributed by atoms with Gasteiger partial charge < -0.3 is 9.64 Å². The Balaban J connectivity index is 2.75. The highest BCUT2D eigenvalue weighted by atomic mass is 16.5. The molecule has 1 rings (SSSR count). The van der Waals surface area contributed by atoms with Crippen LogP contribution >= 0.6 is 0 Å². The smallest absolute Gasteiger partial charge is 0.358 e. The molecular weight excluding hydrogens is 230 g/mol. The first-order valence-electron chi connectivity index (χ1n) is 6.09. The molecule has 5 nitrogen and oxygen atoms in total. The number of carbonyl (C=O) groups excluding carboxylic acids is 1. The van der Waals surface area contributed by atoms with Gasteiger partial charge in [0.2, 0.25) is 0 Å². The molecule has 1 aromatic heterocycles. The van der Waals surface area contributed by atoms with Gasteiger partial charge in [-0.2, -0.15) is 0 Å². The molecule has 5 heteroatoms. The number of esters is 1. The molecule has 0 fully saturated rings. The van der Waals surface area contributed by atoms with Crippen LogP contribution in [-0.4, -0.2) is 36.1 Å². The summed E-state index contributed by atoms with van der Waals surface area (Å²) >= 11 is 0. The zero-order valence-electron chi connectivity index (χ0n) is 11.7. The maximum atomic E-state index is 11.2. The minimum atomic E-state index is -0.466. The Morgan fingerprint density at radius 2 is 2.00 bits per heavy atom. The van der Waals surface area contributed by atoms with Crippen LogP contribution in [-0.2, 0) is 4.74 Å². The summed E-state index contributed by atoms with van der Waals surface area (Å²) in [5, 5.41) is 0. The van der Waals surface area contributed by atoms with Crippen molar-refractivity contribution in [3.63, 3.8) is 0 Å². The molecule has 0 aromatic carbocycles. The van der Waals surface area contributed by atoms with Crippen molar-refractivity contribution < 1.29 is 9.53 Å². The zero-order chi connectivity index (χ0) is 13.7. The Kier molecular flexibility index (Phi) is 5.07. The van der Waals surface area contributed by atoms with E-state index in [4.69, 9.17) is 0 Å². The quantitative estimate of drug-likeness (QED) is 0.750. The van der Waals surface area contributed by atoms with E-state index in [-0.39, 0.29) is 5.69 Å². The number of ether oxygens (including phenoxy) is 1. The summed E-state index contributed by atoms with van der Waals surface area (Å²) in [4.78, 5) is 21.6. The lowest BCUT2D eigenvalue weighted by Gasteiger charge is -2.26. The molecule has 1 atom stereocenters. The van der Waals surface area contributed by atoms with Crippen LogP contribution in [0.3, 0.4) is 0 Å². The fourth-order valence-electron chi connectivity index (χ4n) is 1.78. The molecule has 0 spiro atoms. The van der Waals surface area contributed by atoms with Gasteiger partial charge in [-0.25, -0.2) is 14.8 Å². The zero-order valence-corrected chi connectivity index (χ0v) is 11.7. The maximum Gasteiger partial charge on any atom is 0.358 e. The second-order valence-electron chi connectivity index (χ2n) is 4.84. The van der Waals surface area contributed by atoms with E-state index in [1.165, 1.54) is 13.3 Å². The number of hydrogen-bond donors (Lipinski definition) is 0. The van der Waals surface area contributed by atoms with Gasteiger partial charge in [-0.3, -0.25) is 0 Å². The lowest BCUT2D eigenvalue weighted by atomic mass is 10.0. The molecule has 1 aromatic rings. The number of nitrogens with zero attached hydrogens (tertiary/aromatic N) is 3. The number of carbonyl (C=O) groups is 1. The van der Waals surface area contributed by atoms with Crippen LogP contribution in [0.25, 0.3) is 0 Å². The third kappa shape index (κ3) is 3.68. The molecule has 100 valence electrons.